The summed E-state index contributed by atoms with van der Waals surface area (Å²) in [6.45, 7) is 10.3. The first kappa shape index (κ1) is 15.7. The van der Waals surface area contributed by atoms with Crippen molar-refractivity contribution in [1.29, 1.82) is 0 Å². The van der Waals surface area contributed by atoms with E-state index in [-0.39, 0.29) is 0 Å². The zero-order valence-electron chi connectivity index (χ0n) is 11.5. The minimum Gasteiger partial charge on any atom is -0.474 e. The number of unbranched alkanes of at least 4 members (excludes halogenated alkanes) is 1. The fraction of sp³-hybridized carbons (Fsp3) is 0.833. The number of likely N-dealkylation sites (N-methyl/N-ethyl adjacent to an activating group) is 1. The second-order valence-electron chi connectivity index (χ2n) is 3.95. The molecule has 0 saturated carbocycles. The van der Waals surface area contributed by atoms with E-state index in [0.29, 0.717) is 12.5 Å². The summed E-state index contributed by atoms with van der Waals surface area (Å²) in [7, 11) is 0. The van der Waals surface area contributed by atoms with E-state index in [2.05, 4.69) is 34.4 Å². The van der Waals surface area contributed by atoms with Crippen LogP contribution in [0.2, 0.25) is 0 Å². The smallest absolute Gasteiger partial charge is 0.260 e. The Morgan fingerprint density at radius 3 is 2.67 bits per heavy atom. The van der Waals surface area contributed by atoms with E-state index in [4.69, 9.17) is 4.74 Å². The van der Waals surface area contributed by atoms with Gasteiger partial charge < -0.3 is 9.64 Å². The second kappa shape index (κ2) is 9.58. The van der Waals surface area contributed by atoms with Crippen LogP contribution < -0.4 is 4.74 Å². The molecule has 104 valence electrons. The molecule has 1 aromatic rings. The first-order chi connectivity index (χ1) is 8.81. The standard InChI is InChI=1S/C12H23N3OS2/c1-4-7-10-17-12-11(13-18-14-12)16-9-8-15(5-2)6-3/h4-10H2,1-3H3. The third kappa shape index (κ3) is 5.54. The Labute approximate surface area is 118 Å². The van der Waals surface area contributed by atoms with Gasteiger partial charge in [0.15, 0.2) is 5.03 Å². The van der Waals surface area contributed by atoms with Crippen molar-refractivity contribution in [3.8, 4) is 5.88 Å². The Morgan fingerprint density at radius 2 is 2.00 bits per heavy atom. The Bertz CT molecular complexity index is 316. The molecule has 0 bridgehead atoms. The third-order valence-electron chi connectivity index (χ3n) is 2.71. The summed E-state index contributed by atoms with van der Waals surface area (Å²) in [4.78, 5) is 2.34. The van der Waals surface area contributed by atoms with Crippen molar-refractivity contribution >= 4 is 23.5 Å². The minimum atomic E-state index is 0.689. The van der Waals surface area contributed by atoms with Crippen molar-refractivity contribution in [2.45, 2.75) is 38.6 Å². The molecule has 0 aliphatic heterocycles. The molecule has 0 aromatic carbocycles. The zero-order chi connectivity index (χ0) is 13.2. The van der Waals surface area contributed by atoms with Crippen LogP contribution in [0.1, 0.15) is 33.6 Å². The molecule has 0 aliphatic rings. The van der Waals surface area contributed by atoms with Gasteiger partial charge in [0.1, 0.15) is 6.61 Å². The van der Waals surface area contributed by atoms with Gasteiger partial charge in [0.05, 0.1) is 11.7 Å². The summed E-state index contributed by atoms with van der Waals surface area (Å²) >= 11 is 2.98. The number of nitrogens with zero attached hydrogens (tertiary/aromatic N) is 3. The van der Waals surface area contributed by atoms with Crippen molar-refractivity contribution in [2.24, 2.45) is 0 Å². The van der Waals surface area contributed by atoms with Crippen LogP contribution in [0.5, 0.6) is 5.88 Å². The van der Waals surface area contributed by atoms with Crippen molar-refractivity contribution < 1.29 is 4.74 Å². The summed E-state index contributed by atoms with van der Waals surface area (Å²) in [6, 6.07) is 0. The van der Waals surface area contributed by atoms with E-state index in [9.17, 15) is 0 Å². The first-order valence-electron chi connectivity index (χ1n) is 6.62. The molecule has 0 saturated heterocycles. The van der Waals surface area contributed by atoms with Gasteiger partial charge in [0.2, 0.25) is 0 Å². The average molecular weight is 289 g/mol. The van der Waals surface area contributed by atoms with Gasteiger partial charge >= 0.3 is 0 Å². The van der Waals surface area contributed by atoms with E-state index in [1.807, 2.05) is 0 Å². The second-order valence-corrected chi connectivity index (χ2v) is 5.56. The maximum Gasteiger partial charge on any atom is 0.260 e. The topological polar surface area (TPSA) is 38.3 Å². The molecular formula is C12H23N3OS2. The van der Waals surface area contributed by atoms with Crippen LogP contribution in [-0.2, 0) is 0 Å². The van der Waals surface area contributed by atoms with Crippen molar-refractivity contribution in [3.05, 3.63) is 0 Å². The van der Waals surface area contributed by atoms with E-state index < -0.39 is 0 Å². The monoisotopic (exact) mass is 289 g/mol. The van der Waals surface area contributed by atoms with Crippen LogP contribution in [0.4, 0.5) is 0 Å². The van der Waals surface area contributed by atoms with Gasteiger partial charge in [-0.15, -0.1) is 4.37 Å². The molecule has 0 atom stereocenters. The van der Waals surface area contributed by atoms with Crippen molar-refractivity contribution in [2.75, 3.05) is 32.0 Å². The SMILES string of the molecule is CCCCSc1nsnc1OCCN(CC)CC. The van der Waals surface area contributed by atoms with Crippen LogP contribution in [0.15, 0.2) is 5.03 Å². The number of hydrogen-bond acceptors (Lipinski definition) is 6. The number of hydrogen-bond donors (Lipinski definition) is 0. The predicted octanol–water partition coefficient (Wildman–Crippen LogP) is 3.15. The molecule has 1 heterocycles. The zero-order valence-corrected chi connectivity index (χ0v) is 13.1. The highest BCUT2D eigenvalue weighted by molar-refractivity contribution is 7.99. The lowest BCUT2D eigenvalue weighted by Gasteiger charge is -2.17. The van der Waals surface area contributed by atoms with E-state index in [1.54, 1.807) is 11.8 Å². The highest BCUT2D eigenvalue weighted by Gasteiger charge is 2.10. The van der Waals surface area contributed by atoms with Gasteiger partial charge in [0, 0.05) is 6.54 Å². The maximum atomic E-state index is 5.72. The van der Waals surface area contributed by atoms with Crippen LogP contribution in [0.3, 0.4) is 0 Å². The van der Waals surface area contributed by atoms with Gasteiger partial charge in [-0.3, -0.25) is 0 Å². The minimum absolute atomic E-state index is 0.689. The maximum absolute atomic E-state index is 5.72. The van der Waals surface area contributed by atoms with Crippen molar-refractivity contribution in [3.63, 3.8) is 0 Å². The van der Waals surface area contributed by atoms with Gasteiger partial charge in [-0.2, -0.15) is 4.37 Å². The molecule has 0 N–H and O–H groups in total. The molecule has 6 heteroatoms. The Hall–Kier alpha value is -0.330. The quantitative estimate of drug-likeness (QED) is 0.489. The van der Waals surface area contributed by atoms with Gasteiger partial charge in [0.25, 0.3) is 5.88 Å². The number of rotatable bonds is 10. The fourth-order valence-electron chi connectivity index (χ4n) is 1.47. The first-order valence-corrected chi connectivity index (χ1v) is 8.33. The third-order valence-corrected chi connectivity index (χ3v) is 4.37. The lowest BCUT2D eigenvalue weighted by Crippen LogP contribution is -2.28. The van der Waals surface area contributed by atoms with Crippen LogP contribution in [-0.4, -0.2) is 45.6 Å². The lowest BCUT2D eigenvalue weighted by molar-refractivity contribution is 0.215. The molecule has 0 aliphatic carbocycles. The lowest BCUT2D eigenvalue weighted by atomic mass is 10.4. The summed E-state index contributed by atoms with van der Waals surface area (Å²) in [5.74, 6) is 1.81. The number of thioether (sulfide) groups is 1. The summed E-state index contributed by atoms with van der Waals surface area (Å²) in [5.41, 5.74) is 0. The molecule has 1 rings (SSSR count). The highest BCUT2D eigenvalue weighted by Crippen LogP contribution is 2.27. The Morgan fingerprint density at radius 1 is 1.22 bits per heavy atom. The van der Waals surface area contributed by atoms with Crippen LogP contribution in [0.25, 0.3) is 0 Å². The molecule has 0 fully saturated rings. The molecule has 18 heavy (non-hydrogen) atoms. The van der Waals surface area contributed by atoms with E-state index in [1.165, 1.54) is 24.6 Å². The summed E-state index contributed by atoms with van der Waals surface area (Å²) in [5, 5.41) is 0.952. The molecule has 0 unspecified atom stereocenters. The molecule has 1 aromatic heterocycles. The normalized spacial score (nSPS) is 11.1. The Balaban J connectivity index is 2.31. The largest absolute Gasteiger partial charge is 0.474 e. The molecule has 0 radical (unpaired) electrons. The van der Waals surface area contributed by atoms with Gasteiger partial charge in [-0.05, 0) is 25.3 Å². The van der Waals surface area contributed by atoms with Crippen LogP contribution >= 0.6 is 23.5 Å². The van der Waals surface area contributed by atoms with Crippen molar-refractivity contribution in [1.82, 2.24) is 13.6 Å². The van der Waals surface area contributed by atoms with Gasteiger partial charge in [-0.25, -0.2) is 0 Å². The number of aromatic nitrogens is 2. The summed E-state index contributed by atoms with van der Waals surface area (Å²) in [6.07, 6.45) is 2.42. The Kier molecular flexibility index (Phi) is 8.37. The average Bonchev–Trinajstić information content (AvgIpc) is 2.83. The fourth-order valence-corrected chi connectivity index (χ4v) is 3.10. The number of ether oxygens (including phenoxy) is 1. The molecule has 0 amide bonds. The van der Waals surface area contributed by atoms with E-state index in [0.717, 1.165) is 30.4 Å². The molecule has 4 nitrogen and oxygen atoms in total. The van der Waals surface area contributed by atoms with E-state index >= 15 is 0 Å². The predicted molar refractivity (Wildman–Crippen MR) is 78.8 cm³/mol. The van der Waals surface area contributed by atoms with Gasteiger partial charge in [-0.1, -0.05) is 39.0 Å². The highest BCUT2D eigenvalue weighted by atomic mass is 32.2. The molecular weight excluding hydrogens is 266 g/mol. The molecule has 0 spiro atoms. The van der Waals surface area contributed by atoms with Crippen LogP contribution in [0, 0.1) is 0 Å². The summed E-state index contributed by atoms with van der Waals surface area (Å²) < 4.78 is 14.2.